The Hall–Kier alpha value is -2.73. The van der Waals surface area contributed by atoms with Crippen molar-refractivity contribution < 1.29 is 14.3 Å². The first-order chi connectivity index (χ1) is 13.0. The molecule has 7 heteroatoms. The second-order valence-corrected chi connectivity index (χ2v) is 7.16. The summed E-state index contributed by atoms with van der Waals surface area (Å²) < 4.78 is 5.67. The molecule has 0 radical (unpaired) electrons. The number of ether oxygens (including phenoxy) is 1. The van der Waals surface area contributed by atoms with Gasteiger partial charge in [0.15, 0.2) is 0 Å². The molecule has 0 aliphatic carbocycles. The highest BCUT2D eigenvalue weighted by Gasteiger charge is 2.37. The van der Waals surface area contributed by atoms with E-state index in [1.54, 1.807) is 17.0 Å². The van der Waals surface area contributed by atoms with Crippen molar-refractivity contribution in [3.8, 4) is 5.75 Å². The van der Waals surface area contributed by atoms with Crippen LogP contribution in [0.2, 0.25) is 5.02 Å². The van der Waals surface area contributed by atoms with Gasteiger partial charge >= 0.3 is 0 Å². The Labute approximate surface area is 162 Å². The molecular formula is C20H20ClN3O3. The zero-order chi connectivity index (χ0) is 19.0. The minimum atomic E-state index is -1.14. The summed E-state index contributed by atoms with van der Waals surface area (Å²) in [4.78, 5) is 29.0. The smallest absolute Gasteiger partial charge is 0.275 e. The first-order valence-corrected chi connectivity index (χ1v) is 9.27. The third-order valence-electron chi connectivity index (χ3n) is 4.96. The number of hydrogen-bond acceptors (Lipinski definition) is 4. The highest BCUT2D eigenvalue weighted by Crippen LogP contribution is 2.30. The number of amides is 2. The predicted molar refractivity (Wildman–Crippen MR) is 104 cm³/mol. The molecule has 2 aliphatic heterocycles. The number of anilines is 2. The number of fused-ring (bicyclic) bond motifs is 1. The molecule has 2 amide bonds. The van der Waals surface area contributed by atoms with Crippen molar-refractivity contribution in [2.45, 2.75) is 13.0 Å². The average Bonchev–Trinajstić information content (AvgIpc) is 2.69. The average molecular weight is 386 g/mol. The third kappa shape index (κ3) is 3.45. The Bertz CT molecular complexity index is 894. The number of benzene rings is 2. The van der Waals surface area contributed by atoms with Crippen molar-refractivity contribution in [3.05, 3.63) is 53.1 Å². The molecule has 2 aromatic carbocycles. The Morgan fingerprint density at radius 1 is 1.15 bits per heavy atom. The van der Waals surface area contributed by atoms with Crippen LogP contribution in [0.25, 0.3) is 0 Å². The molecule has 1 fully saturated rings. The van der Waals surface area contributed by atoms with Gasteiger partial charge in [0.1, 0.15) is 5.75 Å². The third-order valence-corrected chi connectivity index (χ3v) is 5.19. The van der Waals surface area contributed by atoms with E-state index in [4.69, 9.17) is 16.3 Å². The van der Waals surface area contributed by atoms with Crippen LogP contribution in [0.1, 0.15) is 5.56 Å². The number of rotatable bonds is 2. The molecule has 2 aliphatic rings. The van der Waals surface area contributed by atoms with E-state index >= 15 is 0 Å². The fourth-order valence-corrected chi connectivity index (χ4v) is 3.64. The van der Waals surface area contributed by atoms with Crippen LogP contribution >= 0.6 is 11.6 Å². The summed E-state index contributed by atoms with van der Waals surface area (Å²) in [5.74, 6) is -0.208. The normalized spacial score (nSPS) is 19.2. The van der Waals surface area contributed by atoms with Crippen LogP contribution in [-0.2, 0) is 9.59 Å². The number of aryl methyl sites for hydroxylation is 1. The van der Waals surface area contributed by atoms with Crippen LogP contribution < -0.4 is 15.0 Å². The van der Waals surface area contributed by atoms with Crippen LogP contribution in [0.4, 0.5) is 11.4 Å². The minimum Gasteiger partial charge on any atom is -0.468 e. The Morgan fingerprint density at radius 2 is 1.89 bits per heavy atom. The summed E-state index contributed by atoms with van der Waals surface area (Å²) in [6.45, 7) is 4.45. The molecule has 6 nitrogen and oxygen atoms in total. The largest absolute Gasteiger partial charge is 0.468 e. The minimum absolute atomic E-state index is 0.301. The highest BCUT2D eigenvalue weighted by atomic mass is 35.5. The van der Waals surface area contributed by atoms with Gasteiger partial charge in [0, 0.05) is 36.9 Å². The quantitative estimate of drug-likeness (QED) is 0.807. The second kappa shape index (κ2) is 7.12. The number of nitrogens with zero attached hydrogens (tertiary/aromatic N) is 2. The van der Waals surface area contributed by atoms with Crippen LogP contribution in [0.5, 0.6) is 5.75 Å². The maximum absolute atomic E-state index is 12.8. The van der Waals surface area contributed by atoms with Gasteiger partial charge in [-0.15, -0.1) is 0 Å². The van der Waals surface area contributed by atoms with E-state index in [0.29, 0.717) is 42.6 Å². The zero-order valence-corrected chi connectivity index (χ0v) is 15.7. The van der Waals surface area contributed by atoms with Crippen molar-refractivity contribution in [2.75, 3.05) is 36.4 Å². The van der Waals surface area contributed by atoms with Gasteiger partial charge in [0.2, 0.25) is 0 Å². The van der Waals surface area contributed by atoms with Crippen molar-refractivity contribution in [2.24, 2.45) is 0 Å². The number of para-hydroxylation sites is 2. The molecule has 0 aromatic heterocycles. The van der Waals surface area contributed by atoms with E-state index < -0.39 is 12.0 Å². The van der Waals surface area contributed by atoms with Gasteiger partial charge in [-0.3, -0.25) is 9.59 Å². The molecule has 1 saturated heterocycles. The summed E-state index contributed by atoms with van der Waals surface area (Å²) in [5, 5.41) is 3.44. The molecule has 1 atom stereocenters. The van der Waals surface area contributed by atoms with Gasteiger partial charge in [-0.05, 0) is 36.8 Å². The molecular weight excluding hydrogens is 366 g/mol. The summed E-state index contributed by atoms with van der Waals surface area (Å²) in [6, 6.07) is 12.9. The SMILES string of the molecule is Cc1ccc(Cl)cc1N1CCN(C(=O)C2Oc3ccccc3NC2=O)CC1. The molecule has 27 heavy (non-hydrogen) atoms. The predicted octanol–water partition coefficient (Wildman–Crippen LogP) is 2.70. The van der Waals surface area contributed by atoms with Crippen molar-refractivity contribution in [1.82, 2.24) is 4.90 Å². The first kappa shape index (κ1) is 17.7. The van der Waals surface area contributed by atoms with E-state index in [0.717, 1.165) is 11.3 Å². The van der Waals surface area contributed by atoms with E-state index in [-0.39, 0.29) is 5.91 Å². The monoisotopic (exact) mass is 385 g/mol. The lowest BCUT2D eigenvalue weighted by molar-refractivity contribution is -0.145. The number of nitrogens with one attached hydrogen (secondary N) is 1. The summed E-state index contributed by atoms with van der Waals surface area (Å²) in [5.41, 5.74) is 2.81. The molecule has 2 heterocycles. The van der Waals surface area contributed by atoms with E-state index in [1.807, 2.05) is 37.3 Å². The molecule has 2 aromatic rings. The van der Waals surface area contributed by atoms with E-state index in [2.05, 4.69) is 10.2 Å². The molecule has 0 bridgehead atoms. The lowest BCUT2D eigenvalue weighted by Gasteiger charge is -2.38. The van der Waals surface area contributed by atoms with E-state index in [1.165, 1.54) is 0 Å². The van der Waals surface area contributed by atoms with E-state index in [9.17, 15) is 9.59 Å². The molecule has 4 rings (SSSR count). The Balaban J connectivity index is 1.43. The Kier molecular flexibility index (Phi) is 4.66. The molecule has 0 saturated carbocycles. The Morgan fingerprint density at radius 3 is 2.67 bits per heavy atom. The van der Waals surface area contributed by atoms with Crippen molar-refractivity contribution in [1.29, 1.82) is 0 Å². The number of piperazine rings is 1. The number of carbonyl (C=O) groups is 2. The van der Waals surface area contributed by atoms with Gasteiger partial charge in [0.25, 0.3) is 17.9 Å². The van der Waals surface area contributed by atoms with Gasteiger partial charge in [0.05, 0.1) is 5.69 Å². The van der Waals surface area contributed by atoms with Crippen molar-refractivity contribution in [3.63, 3.8) is 0 Å². The molecule has 0 spiro atoms. The summed E-state index contributed by atoms with van der Waals surface area (Å²) in [6.07, 6.45) is -1.14. The summed E-state index contributed by atoms with van der Waals surface area (Å²) >= 11 is 6.12. The fraction of sp³-hybridized carbons (Fsp3) is 0.300. The van der Waals surface area contributed by atoms with Crippen LogP contribution in [0.15, 0.2) is 42.5 Å². The second-order valence-electron chi connectivity index (χ2n) is 6.73. The zero-order valence-electron chi connectivity index (χ0n) is 14.9. The van der Waals surface area contributed by atoms with Gasteiger partial charge in [-0.25, -0.2) is 0 Å². The van der Waals surface area contributed by atoms with Crippen LogP contribution in [-0.4, -0.2) is 49.0 Å². The van der Waals surface area contributed by atoms with Gasteiger partial charge in [-0.1, -0.05) is 29.8 Å². The molecule has 1 unspecified atom stereocenters. The number of carbonyl (C=O) groups excluding carboxylic acids is 2. The standard InChI is InChI=1S/C20H20ClN3O3/c1-13-6-7-14(21)12-16(13)23-8-10-24(11-9-23)20(26)18-19(25)22-15-4-2-3-5-17(15)27-18/h2-7,12,18H,8-11H2,1H3,(H,22,25). The lowest BCUT2D eigenvalue weighted by Crippen LogP contribution is -2.56. The maximum Gasteiger partial charge on any atom is 0.275 e. The lowest BCUT2D eigenvalue weighted by atomic mass is 10.1. The fourth-order valence-electron chi connectivity index (χ4n) is 3.47. The van der Waals surface area contributed by atoms with Gasteiger partial charge in [-0.2, -0.15) is 0 Å². The number of hydrogen-bond donors (Lipinski definition) is 1. The topological polar surface area (TPSA) is 61.9 Å². The first-order valence-electron chi connectivity index (χ1n) is 8.89. The van der Waals surface area contributed by atoms with Crippen LogP contribution in [0.3, 0.4) is 0 Å². The summed E-state index contributed by atoms with van der Waals surface area (Å²) in [7, 11) is 0. The van der Waals surface area contributed by atoms with Crippen molar-refractivity contribution >= 4 is 34.8 Å². The molecule has 1 N–H and O–H groups in total. The van der Waals surface area contributed by atoms with Crippen LogP contribution in [0, 0.1) is 6.92 Å². The highest BCUT2D eigenvalue weighted by molar-refractivity contribution is 6.30. The van der Waals surface area contributed by atoms with Gasteiger partial charge < -0.3 is 19.9 Å². The molecule has 140 valence electrons. The maximum atomic E-state index is 12.8. The number of halogens is 1.